The van der Waals surface area contributed by atoms with Gasteiger partial charge in [0.15, 0.2) is 0 Å². The van der Waals surface area contributed by atoms with Gasteiger partial charge in [0, 0.05) is 28.1 Å². The summed E-state index contributed by atoms with van der Waals surface area (Å²) < 4.78 is 2.28. The fraction of sp³-hybridized carbons (Fsp3) is 0.500. The predicted octanol–water partition coefficient (Wildman–Crippen LogP) is 3.40. The quantitative estimate of drug-likeness (QED) is 0.837. The second-order valence-electron chi connectivity index (χ2n) is 4.25. The summed E-state index contributed by atoms with van der Waals surface area (Å²) in [5.41, 5.74) is 1.29. The van der Waals surface area contributed by atoms with Crippen LogP contribution in [0.2, 0.25) is 0 Å². The third kappa shape index (κ3) is 2.99. The van der Waals surface area contributed by atoms with Crippen LogP contribution < -0.4 is 10.2 Å². The van der Waals surface area contributed by atoms with Crippen molar-refractivity contribution in [3.63, 3.8) is 0 Å². The molecule has 0 aliphatic carbocycles. The molecule has 1 aromatic rings. The molecule has 0 bridgehead atoms. The van der Waals surface area contributed by atoms with Crippen molar-refractivity contribution in [3.8, 4) is 0 Å². The van der Waals surface area contributed by atoms with E-state index >= 15 is 0 Å². The van der Waals surface area contributed by atoms with Crippen LogP contribution in [0.15, 0.2) is 27.1 Å². The van der Waals surface area contributed by atoms with Crippen LogP contribution in [0.5, 0.6) is 0 Å². The highest BCUT2D eigenvalue weighted by molar-refractivity contribution is 9.11. The molecule has 1 fully saturated rings. The number of rotatable bonds is 1. The van der Waals surface area contributed by atoms with E-state index in [1.807, 2.05) is 0 Å². The molecule has 0 amide bonds. The Balaban J connectivity index is 2.21. The number of hydrogen-bond acceptors (Lipinski definition) is 2. The first kappa shape index (κ1) is 12.4. The molecule has 1 aliphatic rings. The van der Waals surface area contributed by atoms with E-state index in [0.717, 1.165) is 28.6 Å². The molecular formula is C12H16Br2N2. The van der Waals surface area contributed by atoms with Crippen molar-refractivity contribution in [1.29, 1.82) is 0 Å². The summed E-state index contributed by atoms with van der Waals surface area (Å²) in [6, 6.07) is 6.94. The zero-order valence-electron chi connectivity index (χ0n) is 9.34. The largest absolute Gasteiger partial charge is 0.369 e. The number of hydrogen-bond donors (Lipinski definition) is 1. The van der Waals surface area contributed by atoms with Gasteiger partial charge in [-0.2, -0.15) is 0 Å². The summed E-state index contributed by atoms with van der Waals surface area (Å²) in [6.07, 6.45) is 1.20. The summed E-state index contributed by atoms with van der Waals surface area (Å²) in [6.45, 7) is 5.55. The molecule has 0 radical (unpaired) electrons. The van der Waals surface area contributed by atoms with Gasteiger partial charge in [0.1, 0.15) is 0 Å². The molecule has 1 aliphatic heterocycles. The molecule has 4 heteroatoms. The van der Waals surface area contributed by atoms with Crippen molar-refractivity contribution in [1.82, 2.24) is 5.32 Å². The van der Waals surface area contributed by atoms with Gasteiger partial charge in [-0.15, -0.1) is 0 Å². The van der Waals surface area contributed by atoms with Gasteiger partial charge >= 0.3 is 0 Å². The summed E-state index contributed by atoms with van der Waals surface area (Å²) >= 11 is 7.12. The van der Waals surface area contributed by atoms with Crippen LogP contribution in [-0.4, -0.2) is 25.7 Å². The van der Waals surface area contributed by atoms with Crippen molar-refractivity contribution < 1.29 is 0 Å². The van der Waals surface area contributed by atoms with Gasteiger partial charge in [-0.25, -0.2) is 0 Å². The van der Waals surface area contributed by atoms with Gasteiger partial charge in [-0.05, 0) is 54.0 Å². The number of benzene rings is 1. The Morgan fingerprint density at radius 1 is 1.38 bits per heavy atom. The lowest BCUT2D eigenvalue weighted by molar-refractivity contribution is 0.584. The first-order valence-corrected chi connectivity index (χ1v) is 7.19. The Labute approximate surface area is 114 Å². The average Bonchev–Trinajstić information content (AvgIpc) is 2.43. The smallest absolute Gasteiger partial charge is 0.0511 e. The van der Waals surface area contributed by atoms with Crippen molar-refractivity contribution in [3.05, 3.63) is 27.1 Å². The third-order valence-electron chi connectivity index (χ3n) is 2.84. The van der Waals surface area contributed by atoms with Crippen LogP contribution in [0.25, 0.3) is 0 Å². The number of nitrogens with zero attached hydrogens (tertiary/aromatic N) is 1. The molecule has 0 spiro atoms. The number of halogens is 2. The minimum atomic E-state index is 0.554. The molecule has 2 rings (SSSR count). The van der Waals surface area contributed by atoms with E-state index in [4.69, 9.17) is 0 Å². The molecule has 0 aromatic heterocycles. The van der Waals surface area contributed by atoms with Crippen molar-refractivity contribution in [2.24, 2.45) is 0 Å². The Kier molecular flexibility index (Phi) is 4.27. The lowest BCUT2D eigenvalue weighted by Crippen LogP contribution is -2.35. The van der Waals surface area contributed by atoms with Crippen LogP contribution in [0, 0.1) is 0 Å². The minimum absolute atomic E-state index is 0.554. The molecule has 2 nitrogen and oxygen atoms in total. The van der Waals surface area contributed by atoms with Crippen LogP contribution in [0.1, 0.15) is 13.3 Å². The van der Waals surface area contributed by atoms with E-state index in [9.17, 15) is 0 Å². The fourth-order valence-electron chi connectivity index (χ4n) is 2.06. The van der Waals surface area contributed by atoms with E-state index in [2.05, 4.69) is 67.2 Å². The molecule has 1 unspecified atom stereocenters. The topological polar surface area (TPSA) is 15.3 Å². The normalized spacial score (nSPS) is 21.9. The number of anilines is 1. The Morgan fingerprint density at radius 3 is 2.94 bits per heavy atom. The average molecular weight is 348 g/mol. The maximum Gasteiger partial charge on any atom is 0.0511 e. The van der Waals surface area contributed by atoms with E-state index in [1.165, 1.54) is 12.1 Å². The molecule has 1 heterocycles. The monoisotopic (exact) mass is 346 g/mol. The van der Waals surface area contributed by atoms with Crippen LogP contribution in [-0.2, 0) is 0 Å². The maximum atomic E-state index is 3.64. The van der Waals surface area contributed by atoms with Gasteiger partial charge < -0.3 is 10.2 Å². The molecule has 1 aromatic carbocycles. The molecule has 0 saturated carbocycles. The minimum Gasteiger partial charge on any atom is -0.369 e. The first-order chi connectivity index (χ1) is 7.66. The highest BCUT2D eigenvalue weighted by Gasteiger charge is 2.16. The van der Waals surface area contributed by atoms with Crippen molar-refractivity contribution in [2.45, 2.75) is 19.4 Å². The van der Waals surface area contributed by atoms with Gasteiger partial charge in [0.2, 0.25) is 0 Å². The van der Waals surface area contributed by atoms with E-state index < -0.39 is 0 Å². The summed E-state index contributed by atoms with van der Waals surface area (Å²) in [5, 5.41) is 3.51. The molecule has 1 N–H and O–H groups in total. The highest BCUT2D eigenvalue weighted by atomic mass is 79.9. The Bertz CT molecular complexity index is 368. The van der Waals surface area contributed by atoms with Gasteiger partial charge in [0.25, 0.3) is 0 Å². The van der Waals surface area contributed by atoms with Crippen LogP contribution in [0.4, 0.5) is 5.69 Å². The fourth-order valence-corrected chi connectivity index (χ4v) is 3.36. The highest BCUT2D eigenvalue weighted by Crippen LogP contribution is 2.30. The Morgan fingerprint density at radius 2 is 2.19 bits per heavy atom. The molecule has 1 saturated heterocycles. The van der Waals surface area contributed by atoms with Gasteiger partial charge in [-0.1, -0.05) is 15.9 Å². The molecular weight excluding hydrogens is 332 g/mol. The Hall–Kier alpha value is -0.0600. The number of nitrogens with one attached hydrogen (secondary N) is 1. The standard InChI is InChI=1S/C12H16Br2N2/c1-9-8-16(6-2-5-15-9)12-4-3-10(13)7-11(12)14/h3-4,7,9,15H,2,5-6,8H2,1H3. The zero-order chi connectivity index (χ0) is 11.5. The summed E-state index contributed by atoms with van der Waals surface area (Å²) in [4.78, 5) is 2.45. The lowest BCUT2D eigenvalue weighted by atomic mass is 10.2. The third-order valence-corrected chi connectivity index (χ3v) is 3.97. The van der Waals surface area contributed by atoms with Crippen LogP contribution >= 0.6 is 31.9 Å². The SMILES string of the molecule is CC1CN(c2ccc(Br)cc2Br)CCCN1. The first-order valence-electron chi connectivity index (χ1n) is 5.60. The second kappa shape index (κ2) is 5.52. The van der Waals surface area contributed by atoms with Crippen molar-refractivity contribution in [2.75, 3.05) is 24.5 Å². The van der Waals surface area contributed by atoms with E-state index in [0.29, 0.717) is 6.04 Å². The second-order valence-corrected chi connectivity index (χ2v) is 6.02. The van der Waals surface area contributed by atoms with E-state index in [1.54, 1.807) is 0 Å². The summed E-state index contributed by atoms with van der Waals surface area (Å²) in [5.74, 6) is 0. The van der Waals surface area contributed by atoms with E-state index in [-0.39, 0.29) is 0 Å². The summed E-state index contributed by atoms with van der Waals surface area (Å²) in [7, 11) is 0. The predicted molar refractivity (Wildman–Crippen MR) is 76.1 cm³/mol. The molecule has 1 atom stereocenters. The van der Waals surface area contributed by atoms with Crippen molar-refractivity contribution >= 4 is 37.5 Å². The van der Waals surface area contributed by atoms with Gasteiger partial charge in [0.05, 0.1) is 5.69 Å². The lowest BCUT2D eigenvalue weighted by Gasteiger charge is -2.26. The molecule has 88 valence electrons. The maximum absolute atomic E-state index is 3.64. The zero-order valence-corrected chi connectivity index (χ0v) is 12.5. The van der Waals surface area contributed by atoms with Crippen LogP contribution in [0.3, 0.4) is 0 Å². The molecule has 16 heavy (non-hydrogen) atoms. The van der Waals surface area contributed by atoms with Gasteiger partial charge in [-0.3, -0.25) is 0 Å².